The van der Waals surface area contributed by atoms with Crippen LogP contribution in [0.4, 0.5) is 0 Å². The fourth-order valence-corrected chi connectivity index (χ4v) is 2.30. The van der Waals surface area contributed by atoms with Gasteiger partial charge in [-0.1, -0.05) is 29.8 Å². The Hall–Kier alpha value is -1.57. The predicted octanol–water partition coefficient (Wildman–Crippen LogP) is 4.06. The molecule has 0 saturated carbocycles. The molecular weight excluding hydrogens is 208 g/mol. The van der Waals surface area contributed by atoms with E-state index >= 15 is 0 Å². The number of benzene rings is 1. The Kier molecular flexibility index (Phi) is 3.05. The highest BCUT2D eigenvalue weighted by atomic mass is 15.3. The molecule has 0 fully saturated rings. The van der Waals surface area contributed by atoms with E-state index in [0.29, 0.717) is 6.04 Å². The summed E-state index contributed by atoms with van der Waals surface area (Å²) in [7, 11) is 0. The van der Waals surface area contributed by atoms with Crippen molar-refractivity contribution in [2.75, 3.05) is 0 Å². The van der Waals surface area contributed by atoms with Crippen LogP contribution in [0.2, 0.25) is 0 Å². The van der Waals surface area contributed by atoms with E-state index in [0.717, 1.165) is 5.69 Å². The number of hydrogen-bond acceptors (Lipinski definition) is 1. The van der Waals surface area contributed by atoms with Crippen LogP contribution in [0.1, 0.15) is 36.8 Å². The van der Waals surface area contributed by atoms with Crippen LogP contribution in [0.3, 0.4) is 0 Å². The van der Waals surface area contributed by atoms with E-state index in [2.05, 4.69) is 68.7 Å². The van der Waals surface area contributed by atoms with Gasteiger partial charge in [-0.25, -0.2) is 0 Å². The zero-order valence-electron chi connectivity index (χ0n) is 11.3. The smallest absolute Gasteiger partial charge is 0.0675 e. The average Bonchev–Trinajstić information content (AvgIpc) is 2.56. The molecule has 0 aliphatic heterocycles. The summed E-state index contributed by atoms with van der Waals surface area (Å²) < 4.78 is 2.10. The number of rotatable bonds is 2. The second-order valence-electron chi connectivity index (χ2n) is 4.95. The Morgan fingerprint density at radius 3 is 2.06 bits per heavy atom. The molecule has 2 nitrogen and oxygen atoms in total. The molecule has 2 rings (SSSR count). The van der Waals surface area contributed by atoms with Gasteiger partial charge in [-0.2, -0.15) is 5.10 Å². The minimum absolute atomic E-state index is 0.410. The fraction of sp³-hybridized carbons (Fsp3) is 0.400. The maximum atomic E-state index is 4.63. The highest BCUT2D eigenvalue weighted by Crippen LogP contribution is 2.28. The third kappa shape index (κ3) is 2.12. The van der Waals surface area contributed by atoms with Crippen molar-refractivity contribution in [3.8, 4) is 11.1 Å². The SMILES string of the molecule is Cc1ccc(-c2c(C)nn(C(C)C)c2C)cc1. The van der Waals surface area contributed by atoms with Gasteiger partial charge in [-0.3, -0.25) is 4.68 Å². The van der Waals surface area contributed by atoms with Crippen LogP contribution >= 0.6 is 0 Å². The highest BCUT2D eigenvalue weighted by molar-refractivity contribution is 5.68. The quantitative estimate of drug-likeness (QED) is 0.758. The second kappa shape index (κ2) is 4.36. The Bertz CT molecular complexity index is 519. The number of aromatic nitrogens is 2. The van der Waals surface area contributed by atoms with Crippen LogP contribution in [0.15, 0.2) is 24.3 Å². The molecule has 0 aliphatic carbocycles. The molecule has 2 aromatic rings. The molecule has 0 radical (unpaired) electrons. The molecule has 0 atom stereocenters. The van der Waals surface area contributed by atoms with E-state index in [4.69, 9.17) is 0 Å². The lowest BCUT2D eigenvalue weighted by Gasteiger charge is -2.08. The first-order chi connectivity index (χ1) is 8.00. The standard InChI is InChI=1S/C15H20N2/c1-10(2)17-13(5)15(12(4)16-17)14-8-6-11(3)7-9-14/h6-10H,1-5H3. The van der Waals surface area contributed by atoms with E-state index in [9.17, 15) is 0 Å². The number of hydrogen-bond donors (Lipinski definition) is 0. The van der Waals surface area contributed by atoms with Crippen LogP contribution < -0.4 is 0 Å². The van der Waals surface area contributed by atoms with Crippen molar-refractivity contribution in [3.05, 3.63) is 41.2 Å². The summed E-state index contributed by atoms with van der Waals surface area (Å²) in [6.45, 7) is 10.7. The van der Waals surface area contributed by atoms with Crippen LogP contribution in [0, 0.1) is 20.8 Å². The molecule has 0 unspecified atom stereocenters. The van der Waals surface area contributed by atoms with Crippen molar-refractivity contribution in [3.63, 3.8) is 0 Å². The van der Waals surface area contributed by atoms with Crippen molar-refractivity contribution in [2.24, 2.45) is 0 Å². The Morgan fingerprint density at radius 2 is 1.59 bits per heavy atom. The Labute approximate surface area is 103 Å². The molecule has 0 saturated heterocycles. The molecule has 1 aromatic heterocycles. The van der Waals surface area contributed by atoms with E-state index in [1.807, 2.05) is 0 Å². The van der Waals surface area contributed by atoms with Crippen LogP contribution in [0.25, 0.3) is 11.1 Å². The highest BCUT2D eigenvalue weighted by Gasteiger charge is 2.14. The minimum Gasteiger partial charge on any atom is -0.266 e. The lowest BCUT2D eigenvalue weighted by Crippen LogP contribution is -2.04. The van der Waals surface area contributed by atoms with Crippen LogP contribution in [-0.2, 0) is 0 Å². The first-order valence-electron chi connectivity index (χ1n) is 6.13. The topological polar surface area (TPSA) is 17.8 Å². The van der Waals surface area contributed by atoms with Gasteiger partial charge in [-0.05, 0) is 40.2 Å². The Balaban J connectivity index is 2.56. The fourth-order valence-electron chi connectivity index (χ4n) is 2.30. The summed E-state index contributed by atoms with van der Waals surface area (Å²) >= 11 is 0. The van der Waals surface area contributed by atoms with E-state index in [1.54, 1.807) is 0 Å². The molecule has 90 valence electrons. The molecule has 0 N–H and O–H groups in total. The zero-order valence-corrected chi connectivity index (χ0v) is 11.3. The summed E-state index contributed by atoms with van der Waals surface area (Å²) in [6, 6.07) is 9.07. The third-order valence-corrected chi connectivity index (χ3v) is 3.15. The molecule has 1 aromatic carbocycles. The van der Waals surface area contributed by atoms with Gasteiger partial charge in [-0.15, -0.1) is 0 Å². The Morgan fingerprint density at radius 1 is 1.00 bits per heavy atom. The molecule has 17 heavy (non-hydrogen) atoms. The van der Waals surface area contributed by atoms with Gasteiger partial charge in [0.05, 0.1) is 5.69 Å². The van der Waals surface area contributed by atoms with E-state index in [-0.39, 0.29) is 0 Å². The van der Waals surface area contributed by atoms with Crippen molar-refractivity contribution in [1.82, 2.24) is 9.78 Å². The molecule has 0 spiro atoms. The van der Waals surface area contributed by atoms with Crippen molar-refractivity contribution >= 4 is 0 Å². The van der Waals surface area contributed by atoms with Crippen LogP contribution in [-0.4, -0.2) is 9.78 Å². The van der Waals surface area contributed by atoms with Crippen LogP contribution in [0.5, 0.6) is 0 Å². The van der Waals surface area contributed by atoms with Crippen molar-refractivity contribution in [2.45, 2.75) is 40.7 Å². The number of aryl methyl sites for hydroxylation is 2. The lowest BCUT2D eigenvalue weighted by atomic mass is 10.0. The first-order valence-corrected chi connectivity index (χ1v) is 6.13. The summed E-state index contributed by atoms with van der Waals surface area (Å²) in [5.74, 6) is 0. The van der Waals surface area contributed by atoms with Crippen molar-refractivity contribution < 1.29 is 0 Å². The molecule has 0 bridgehead atoms. The largest absolute Gasteiger partial charge is 0.266 e. The molecular formula is C15H20N2. The van der Waals surface area contributed by atoms with Gasteiger partial charge in [0.25, 0.3) is 0 Å². The first kappa shape index (κ1) is 11.9. The maximum absolute atomic E-state index is 4.63. The molecule has 0 amide bonds. The monoisotopic (exact) mass is 228 g/mol. The van der Waals surface area contributed by atoms with E-state index < -0.39 is 0 Å². The van der Waals surface area contributed by atoms with Gasteiger partial charge < -0.3 is 0 Å². The summed E-state index contributed by atoms with van der Waals surface area (Å²) in [6.07, 6.45) is 0. The zero-order chi connectivity index (χ0) is 12.6. The normalized spacial score (nSPS) is 11.2. The molecule has 1 heterocycles. The van der Waals surface area contributed by atoms with Gasteiger partial charge in [0.15, 0.2) is 0 Å². The summed E-state index contributed by atoms with van der Waals surface area (Å²) in [5.41, 5.74) is 6.19. The van der Waals surface area contributed by atoms with E-state index in [1.165, 1.54) is 22.4 Å². The molecule has 2 heteroatoms. The minimum atomic E-state index is 0.410. The average molecular weight is 228 g/mol. The maximum Gasteiger partial charge on any atom is 0.0675 e. The van der Waals surface area contributed by atoms with Gasteiger partial charge >= 0.3 is 0 Å². The van der Waals surface area contributed by atoms with Gasteiger partial charge in [0, 0.05) is 17.3 Å². The lowest BCUT2D eigenvalue weighted by molar-refractivity contribution is 0.516. The number of nitrogens with zero attached hydrogens (tertiary/aromatic N) is 2. The second-order valence-corrected chi connectivity index (χ2v) is 4.95. The predicted molar refractivity (Wildman–Crippen MR) is 72.3 cm³/mol. The summed E-state index contributed by atoms with van der Waals surface area (Å²) in [5, 5.41) is 4.63. The van der Waals surface area contributed by atoms with Gasteiger partial charge in [0.2, 0.25) is 0 Å². The third-order valence-electron chi connectivity index (χ3n) is 3.15. The van der Waals surface area contributed by atoms with Gasteiger partial charge in [0.1, 0.15) is 0 Å². The summed E-state index contributed by atoms with van der Waals surface area (Å²) in [4.78, 5) is 0. The van der Waals surface area contributed by atoms with Crippen molar-refractivity contribution in [1.29, 1.82) is 0 Å². The molecule has 0 aliphatic rings.